The predicted molar refractivity (Wildman–Crippen MR) is 75.2 cm³/mol. The van der Waals surface area contributed by atoms with E-state index in [1.807, 2.05) is 37.4 Å². The average molecular weight is 251 g/mol. The summed E-state index contributed by atoms with van der Waals surface area (Å²) in [4.78, 5) is 6.49. The number of hydrogen-bond acceptors (Lipinski definition) is 2. The van der Waals surface area contributed by atoms with Crippen molar-refractivity contribution in [2.75, 3.05) is 24.7 Å². The smallest absolute Gasteiger partial charge is 0.199 e. The molecule has 0 spiro atoms. The Bertz CT molecular complexity index is 403. The van der Waals surface area contributed by atoms with Crippen LogP contribution < -0.4 is 5.32 Å². The van der Waals surface area contributed by atoms with Crippen LogP contribution in [0.1, 0.15) is 0 Å². The van der Waals surface area contributed by atoms with Crippen LogP contribution in [0.15, 0.2) is 35.3 Å². The molecule has 1 aliphatic rings. The normalized spacial score (nSPS) is 17.8. The molecule has 1 aromatic carbocycles. The Balaban J connectivity index is 1.99. The van der Waals surface area contributed by atoms with Crippen molar-refractivity contribution in [1.82, 2.24) is 4.90 Å². The molecule has 2 rings (SSSR count). The summed E-state index contributed by atoms with van der Waals surface area (Å²) >= 11 is 6.92. The van der Waals surface area contributed by atoms with Crippen LogP contribution in [0, 0.1) is 0 Å². The highest BCUT2D eigenvalue weighted by Crippen LogP contribution is 2.16. The van der Waals surface area contributed by atoms with Crippen LogP contribution in [0.2, 0.25) is 0 Å². The summed E-state index contributed by atoms with van der Waals surface area (Å²) in [6, 6.07) is 9.85. The highest BCUT2D eigenvalue weighted by atomic mass is 32.2. The third-order valence-corrected chi connectivity index (χ3v) is 3.45. The summed E-state index contributed by atoms with van der Waals surface area (Å²) in [7, 11) is 2.03. The summed E-state index contributed by atoms with van der Waals surface area (Å²) in [5.41, 5.74) is 0.975. The van der Waals surface area contributed by atoms with Crippen LogP contribution >= 0.6 is 24.0 Å². The molecule has 0 aromatic heterocycles. The number of nitrogens with one attached hydrogen (secondary N) is 1. The van der Waals surface area contributed by atoms with E-state index in [4.69, 9.17) is 12.2 Å². The molecule has 0 amide bonds. The van der Waals surface area contributed by atoms with Crippen LogP contribution in [-0.2, 0) is 0 Å². The summed E-state index contributed by atoms with van der Waals surface area (Å²) in [6.45, 7) is 1.04. The Kier molecular flexibility index (Phi) is 3.79. The summed E-state index contributed by atoms with van der Waals surface area (Å²) in [5, 5.41) is 4.60. The topological polar surface area (TPSA) is 27.6 Å². The molecule has 0 unspecified atom stereocenters. The zero-order valence-corrected chi connectivity index (χ0v) is 10.6. The van der Waals surface area contributed by atoms with Crippen LogP contribution in [-0.4, -0.2) is 34.5 Å². The number of hydrogen-bond donors (Lipinski definition) is 1. The van der Waals surface area contributed by atoms with Gasteiger partial charge >= 0.3 is 0 Å². The molecule has 84 valence electrons. The van der Waals surface area contributed by atoms with Gasteiger partial charge in [0.05, 0.1) is 0 Å². The first-order chi connectivity index (χ1) is 7.75. The molecule has 16 heavy (non-hydrogen) atoms. The van der Waals surface area contributed by atoms with Gasteiger partial charge in [-0.05, 0) is 24.4 Å². The number of anilines is 1. The Morgan fingerprint density at radius 2 is 2.19 bits per heavy atom. The van der Waals surface area contributed by atoms with Gasteiger partial charge in [-0.15, -0.1) is 0 Å². The van der Waals surface area contributed by atoms with Crippen molar-refractivity contribution in [1.29, 1.82) is 0 Å². The fraction of sp³-hybridized carbons (Fsp3) is 0.273. The second kappa shape index (κ2) is 5.32. The maximum atomic E-state index is 5.19. The second-order valence-corrected chi connectivity index (χ2v) is 4.91. The van der Waals surface area contributed by atoms with E-state index in [1.165, 1.54) is 0 Å². The van der Waals surface area contributed by atoms with Gasteiger partial charge in [0.15, 0.2) is 10.3 Å². The number of thioether (sulfide) groups is 1. The summed E-state index contributed by atoms with van der Waals surface area (Å²) < 4.78 is 0. The summed E-state index contributed by atoms with van der Waals surface area (Å²) in [6.07, 6.45) is 0. The van der Waals surface area contributed by atoms with Crippen LogP contribution in [0.4, 0.5) is 5.69 Å². The lowest BCUT2D eigenvalue weighted by atomic mass is 10.3. The van der Waals surface area contributed by atoms with E-state index >= 15 is 0 Å². The molecular formula is C11H13N3S2. The monoisotopic (exact) mass is 251 g/mol. The maximum Gasteiger partial charge on any atom is 0.199 e. The van der Waals surface area contributed by atoms with Gasteiger partial charge in [-0.2, -0.15) is 4.99 Å². The number of rotatable bonds is 1. The summed E-state index contributed by atoms with van der Waals surface area (Å²) in [5.74, 6) is 1.09. The molecule has 1 heterocycles. The van der Waals surface area contributed by atoms with Crippen molar-refractivity contribution in [2.24, 2.45) is 4.99 Å². The Morgan fingerprint density at radius 1 is 1.44 bits per heavy atom. The first-order valence-electron chi connectivity index (χ1n) is 5.04. The van der Waals surface area contributed by atoms with E-state index < -0.39 is 0 Å². The fourth-order valence-electron chi connectivity index (χ4n) is 1.36. The van der Waals surface area contributed by atoms with Gasteiger partial charge in [0.1, 0.15) is 0 Å². The zero-order chi connectivity index (χ0) is 11.4. The van der Waals surface area contributed by atoms with Gasteiger partial charge in [0, 0.05) is 25.0 Å². The Hall–Kier alpha value is -1.07. The highest BCUT2D eigenvalue weighted by Gasteiger charge is 2.15. The predicted octanol–water partition coefficient (Wildman–Crippen LogP) is 2.42. The first kappa shape index (κ1) is 11.4. The highest BCUT2D eigenvalue weighted by molar-refractivity contribution is 8.14. The van der Waals surface area contributed by atoms with E-state index in [-0.39, 0.29) is 0 Å². The first-order valence-corrected chi connectivity index (χ1v) is 6.44. The van der Waals surface area contributed by atoms with Gasteiger partial charge in [-0.1, -0.05) is 30.0 Å². The molecule has 0 saturated carbocycles. The maximum absolute atomic E-state index is 5.19. The van der Waals surface area contributed by atoms with Gasteiger partial charge in [-0.25, -0.2) is 0 Å². The molecule has 1 saturated heterocycles. The SMILES string of the molecule is CN1CCSC1=NC(=S)Nc1ccccc1. The van der Waals surface area contributed by atoms with E-state index in [0.717, 1.165) is 23.2 Å². The van der Waals surface area contributed by atoms with Crippen molar-refractivity contribution < 1.29 is 0 Å². The molecule has 3 nitrogen and oxygen atoms in total. The zero-order valence-electron chi connectivity index (χ0n) is 9.01. The standard InChI is InChI=1S/C11H13N3S2/c1-14-7-8-16-11(14)13-10(15)12-9-5-3-2-4-6-9/h2-6H,7-8H2,1H3,(H,12,15). The van der Waals surface area contributed by atoms with Crippen LogP contribution in [0.3, 0.4) is 0 Å². The minimum absolute atomic E-state index is 0.516. The lowest BCUT2D eigenvalue weighted by Gasteiger charge is -2.10. The minimum Gasteiger partial charge on any atom is -0.353 e. The van der Waals surface area contributed by atoms with Gasteiger partial charge < -0.3 is 10.2 Å². The van der Waals surface area contributed by atoms with Crippen molar-refractivity contribution in [2.45, 2.75) is 0 Å². The quantitative estimate of drug-likeness (QED) is 0.776. The van der Waals surface area contributed by atoms with Crippen molar-refractivity contribution in [3.05, 3.63) is 30.3 Å². The van der Waals surface area contributed by atoms with Crippen LogP contribution in [0.25, 0.3) is 0 Å². The number of amidine groups is 1. The van der Waals surface area contributed by atoms with E-state index in [0.29, 0.717) is 5.11 Å². The third kappa shape index (κ3) is 2.96. The van der Waals surface area contributed by atoms with Crippen molar-refractivity contribution >= 4 is 39.9 Å². The molecule has 1 aliphatic heterocycles. The molecule has 5 heteroatoms. The molecule has 0 atom stereocenters. The van der Waals surface area contributed by atoms with E-state index in [9.17, 15) is 0 Å². The Labute approximate surface area is 105 Å². The molecular weight excluding hydrogens is 238 g/mol. The van der Waals surface area contributed by atoms with Gasteiger partial charge in [-0.3, -0.25) is 0 Å². The number of thiocarbonyl (C=S) groups is 1. The number of aliphatic imine (C=N–C) groups is 1. The minimum atomic E-state index is 0.516. The second-order valence-electron chi connectivity index (χ2n) is 3.46. The van der Waals surface area contributed by atoms with Crippen molar-refractivity contribution in [3.63, 3.8) is 0 Å². The molecule has 0 bridgehead atoms. The lowest BCUT2D eigenvalue weighted by molar-refractivity contribution is 0.564. The Morgan fingerprint density at radius 3 is 2.81 bits per heavy atom. The van der Waals surface area contributed by atoms with Crippen LogP contribution in [0.5, 0.6) is 0 Å². The molecule has 0 aliphatic carbocycles. The van der Waals surface area contributed by atoms with E-state index in [2.05, 4.69) is 15.2 Å². The lowest BCUT2D eigenvalue weighted by Crippen LogP contribution is -2.20. The van der Waals surface area contributed by atoms with Crippen molar-refractivity contribution in [3.8, 4) is 0 Å². The fourth-order valence-corrected chi connectivity index (χ4v) is 2.63. The third-order valence-electron chi connectivity index (χ3n) is 2.21. The average Bonchev–Trinajstić information content (AvgIpc) is 2.66. The largest absolute Gasteiger partial charge is 0.353 e. The van der Waals surface area contributed by atoms with Gasteiger partial charge in [0.25, 0.3) is 0 Å². The molecule has 1 fully saturated rings. The van der Waals surface area contributed by atoms with Gasteiger partial charge in [0.2, 0.25) is 0 Å². The number of para-hydroxylation sites is 1. The van der Waals surface area contributed by atoms with E-state index in [1.54, 1.807) is 11.8 Å². The molecule has 1 N–H and O–H groups in total. The molecule has 1 aromatic rings. The molecule has 0 radical (unpaired) electrons. The number of benzene rings is 1. The number of nitrogens with zero attached hydrogens (tertiary/aromatic N) is 2.